The molecule has 29 heavy (non-hydrogen) atoms. The summed E-state index contributed by atoms with van der Waals surface area (Å²) in [6, 6.07) is 20.2. The molecule has 5 rings (SSSR count). The van der Waals surface area contributed by atoms with Crippen molar-refractivity contribution in [2.24, 2.45) is 0 Å². The van der Waals surface area contributed by atoms with Crippen LogP contribution in [0.1, 0.15) is 16.1 Å². The summed E-state index contributed by atoms with van der Waals surface area (Å²) in [7, 11) is 0. The Labute approximate surface area is 170 Å². The van der Waals surface area contributed by atoms with E-state index in [2.05, 4.69) is 10.3 Å². The van der Waals surface area contributed by atoms with Crippen LogP contribution in [-0.2, 0) is 0 Å². The van der Waals surface area contributed by atoms with Crippen LogP contribution in [0.25, 0.3) is 33.5 Å². The van der Waals surface area contributed by atoms with Gasteiger partial charge in [-0.25, -0.2) is 4.98 Å². The molecule has 0 radical (unpaired) electrons. The van der Waals surface area contributed by atoms with Crippen molar-refractivity contribution < 1.29 is 13.6 Å². The van der Waals surface area contributed by atoms with E-state index in [1.54, 1.807) is 24.3 Å². The topological polar surface area (TPSA) is 68.3 Å². The van der Waals surface area contributed by atoms with Crippen molar-refractivity contribution >= 4 is 45.3 Å². The van der Waals surface area contributed by atoms with Crippen LogP contribution < -0.4 is 5.32 Å². The largest absolute Gasteiger partial charge is 0.451 e. The first kappa shape index (κ1) is 17.5. The molecule has 6 heteroatoms. The number of hydrogen-bond donors (Lipinski definition) is 1. The van der Waals surface area contributed by atoms with Crippen LogP contribution >= 0.6 is 11.6 Å². The second-order valence-electron chi connectivity index (χ2n) is 6.79. The van der Waals surface area contributed by atoms with Gasteiger partial charge in [-0.3, -0.25) is 4.79 Å². The van der Waals surface area contributed by atoms with Crippen molar-refractivity contribution in [1.82, 2.24) is 4.98 Å². The molecule has 0 aliphatic rings. The number of amides is 1. The highest BCUT2D eigenvalue weighted by Gasteiger charge is 2.15. The molecular formula is C23H15ClN2O3. The third-order valence-corrected chi connectivity index (χ3v) is 4.97. The molecule has 0 saturated carbocycles. The standard InChI is InChI=1S/C23H15ClN2O3/c1-13-6-9-20-18(10-13)26-23(29-20)15-7-8-17(16(24)11-15)25-22(27)21-12-14-4-2-3-5-19(14)28-21/h2-12H,1H3,(H,25,27). The Kier molecular flexibility index (Phi) is 4.11. The van der Waals surface area contributed by atoms with Gasteiger partial charge in [0.2, 0.25) is 5.89 Å². The maximum Gasteiger partial charge on any atom is 0.291 e. The molecule has 2 heterocycles. The molecule has 5 aromatic rings. The van der Waals surface area contributed by atoms with E-state index in [0.717, 1.165) is 22.0 Å². The molecule has 0 aliphatic heterocycles. The Bertz CT molecular complexity index is 1350. The Balaban J connectivity index is 1.42. The summed E-state index contributed by atoms with van der Waals surface area (Å²) in [6.45, 7) is 2.00. The fraction of sp³-hybridized carbons (Fsp3) is 0.0435. The molecule has 142 valence electrons. The van der Waals surface area contributed by atoms with Gasteiger partial charge in [-0.1, -0.05) is 35.9 Å². The second-order valence-corrected chi connectivity index (χ2v) is 7.19. The number of benzene rings is 3. The molecule has 3 aromatic carbocycles. The normalized spacial score (nSPS) is 11.2. The van der Waals surface area contributed by atoms with E-state index in [1.165, 1.54) is 0 Å². The fourth-order valence-electron chi connectivity index (χ4n) is 3.19. The number of halogens is 1. The van der Waals surface area contributed by atoms with Gasteiger partial charge in [0.15, 0.2) is 11.3 Å². The van der Waals surface area contributed by atoms with E-state index in [4.69, 9.17) is 20.4 Å². The number of carbonyl (C=O) groups is 1. The number of nitrogens with one attached hydrogen (secondary N) is 1. The predicted octanol–water partition coefficient (Wildman–Crippen LogP) is 6.46. The first-order valence-electron chi connectivity index (χ1n) is 9.04. The van der Waals surface area contributed by atoms with Crippen LogP contribution in [0, 0.1) is 6.92 Å². The number of para-hydroxylation sites is 1. The molecule has 0 spiro atoms. The minimum absolute atomic E-state index is 0.223. The van der Waals surface area contributed by atoms with Crippen LogP contribution in [0.15, 0.2) is 75.6 Å². The number of hydrogen-bond acceptors (Lipinski definition) is 4. The highest BCUT2D eigenvalue weighted by atomic mass is 35.5. The van der Waals surface area contributed by atoms with Crippen LogP contribution in [0.2, 0.25) is 5.02 Å². The van der Waals surface area contributed by atoms with Gasteiger partial charge < -0.3 is 14.2 Å². The number of aryl methyl sites for hydroxylation is 1. The highest BCUT2D eigenvalue weighted by molar-refractivity contribution is 6.34. The summed E-state index contributed by atoms with van der Waals surface area (Å²) in [5.41, 5.74) is 4.48. The SMILES string of the molecule is Cc1ccc2oc(-c3ccc(NC(=O)c4cc5ccccc5o4)c(Cl)c3)nc2c1. The zero-order chi connectivity index (χ0) is 20.0. The summed E-state index contributed by atoms with van der Waals surface area (Å²) in [5.74, 6) is 0.330. The zero-order valence-electron chi connectivity index (χ0n) is 15.4. The van der Waals surface area contributed by atoms with E-state index in [9.17, 15) is 4.79 Å². The average Bonchev–Trinajstić information content (AvgIpc) is 3.33. The van der Waals surface area contributed by atoms with Gasteiger partial charge in [-0.2, -0.15) is 0 Å². The molecule has 0 aliphatic carbocycles. The number of furan rings is 1. The monoisotopic (exact) mass is 402 g/mol. The molecule has 2 aromatic heterocycles. The Morgan fingerprint density at radius 2 is 1.83 bits per heavy atom. The lowest BCUT2D eigenvalue weighted by Gasteiger charge is -2.06. The lowest BCUT2D eigenvalue weighted by atomic mass is 10.2. The smallest absolute Gasteiger partial charge is 0.291 e. The van der Waals surface area contributed by atoms with E-state index < -0.39 is 0 Å². The van der Waals surface area contributed by atoms with Crippen molar-refractivity contribution in [1.29, 1.82) is 0 Å². The summed E-state index contributed by atoms with van der Waals surface area (Å²) < 4.78 is 11.4. The molecule has 0 saturated heterocycles. The third-order valence-electron chi connectivity index (χ3n) is 4.66. The Morgan fingerprint density at radius 3 is 2.66 bits per heavy atom. The van der Waals surface area contributed by atoms with Gasteiger partial charge in [0, 0.05) is 10.9 Å². The number of nitrogens with zero attached hydrogens (tertiary/aromatic N) is 1. The molecule has 1 amide bonds. The number of carbonyl (C=O) groups excluding carboxylic acids is 1. The lowest BCUT2D eigenvalue weighted by Crippen LogP contribution is -2.11. The predicted molar refractivity (Wildman–Crippen MR) is 113 cm³/mol. The summed E-state index contributed by atoms with van der Waals surface area (Å²) >= 11 is 6.40. The van der Waals surface area contributed by atoms with Gasteiger partial charge in [-0.15, -0.1) is 0 Å². The molecule has 0 unspecified atom stereocenters. The van der Waals surface area contributed by atoms with E-state index >= 15 is 0 Å². The first-order chi connectivity index (χ1) is 14.1. The minimum Gasteiger partial charge on any atom is -0.451 e. The van der Waals surface area contributed by atoms with Crippen molar-refractivity contribution in [2.45, 2.75) is 6.92 Å². The van der Waals surface area contributed by atoms with Crippen LogP contribution in [0.5, 0.6) is 0 Å². The van der Waals surface area contributed by atoms with E-state index in [0.29, 0.717) is 27.8 Å². The molecule has 5 nitrogen and oxygen atoms in total. The van der Waals surface area contributed by atoms with Crippen molar-refractivity contribution in [3.8, 4) is 11.5 Å². The second kappa shape index (κ2) is 6.79. The number of rotatable bonds is 3. The van der Waals surface area contributed by atoms with Crippen molar-refractivity contribution in [2.75, 3.05) is 5.32 Å². The first-order valence-corrected chi connectivity index (χ1v) is 9.42. The number of fused-ring (bicyclic) bond motifs is 2. The molecule has 0 fully saturated rings. The van der Waals surface area contributed by atoms with Crippen molar-refractivity contribution in [3.05, 3.63) is 83.1 Å². The lowest BCUT2D eigenvalue weighted by molar-refractivity contribution is 0.0998. The average molecular weight is 403 g/mol. The number of aromatic nitrogens is 1. The molecule has 1 N–H and O–H groups in total. The summed E-state index contributed by atoms with van der Waals surface area (Å²) in [6.07, 6.45) is 0. The van der Waals surface area contributed by atoms with Gasteiger partial charge in [0.25, 0.3) is 5.91 Å². The van der Waals surface area contributed by atoms with Crippen LogP contribution in [0.4, 0.5) is 5.69 Å². The summed E-state index contributed by atoms with van der Waals surface area (Å²) in [5, 5.41) is 4.03. The van der Waals surface area contributed by atoms with Gasteiger partial charge in [0.1, 0.15) is 11.1 Å². The fourth-order valence-corrected chi connectivity index (χ4v) is 3.42. The third kappa shape index (κ3) is 3.26. The zero-order valence-corrected chi connectivity index (χ0v) is 16.2. The highest BCUT2D eigenvalue weighted by Crippen LogP contribution is 2.31. The van der Waals surface area contributed by atoms with E-state index in [-0.39, 0.29) is 11.7 Å². The maximum absolute atomic E-state index is 12.5. The van der Waals surface area contributed by atoms with E-state index in [1.807, 2.05) is 49.4 Å². The maximum atomic E-state index is 12.5. The quantitative estimate of drug-likeness (QED) is 0.376. The van der Waals surface area contributed by atoms with Gasteiger partial charge >= 0.3 is 0 Å². The van der Waals surface area contributed by atoms with Gasteiger partial charge in [0.05, 0.1) is 10.7 Å². The van der Waals surface area contributed by atoms with Crippen LogP contribution in [0.3, 0.4) is 0 Å². The van der Waals surface area contributed by atoms with Crippen molar-refractivity contribution in [3.63, 3.8) is 0 Å². The number of oxazole rings is 1. The summed E-state index contributed by atoms with van der Waals surface area (Å²) in [4.78, 5) is 17.1. The van der Waals surface area contributed by atoms with Gasteiger partial charge in [-0.05, 0) is 55.0 Å². The molecule has 0 bridgehead atoms. The Morgan fingerprint density at radius 1 is 0.966 bits per heavy atom. The minimum atomic E-state index is -0.367. The Hall–Kier alpha value is -3.57. The molecule has 0 atom stereocenters. The molecular weight excluding hydrogens is 388 g/mol. The van der Waals surface area contributed by atoms with Crippen LogP contribution in [-0.4, -0.2) is 10.9 Å². The number of anilines is 1.